The Bertz CT molecular complexity index is 556. The molecule has 0 saturated carbocycles. The molecule has 0 saturated heterocycles. The first kappa shape index (κ1) is 11.8. The third kappa shape index (κ3) is 2.71. The lowest BCUT2D eigenvalue weighted by molar-refractivity contribution is -0.118. The lowest BCUT2D eigenvalue weighted by Gasteiger charge is -2.06. The van der Waals surface area contributed by atoms with E-state index in [4.69, 9.17) is 11.6 Å². The lowest BCUT2D eigenvalue weighted by Crippen LogP contribution is -2.24. The number of amides is 1. The van der Waals surface area contributed by atoms with Gasteiger partial charge in [-0.25, -0.2) is 9.97 Å². The summed E-state index contributed by atoms with van der Waals surface area (Å²) in [6.07, 6.45) is 0. The van der Waals surface area contributed by atoms with Gasteiger partial charge in [0, 0.05) is 11.1 Å². The van der Waals surface area contributed by atoms with Crippen molar-refractivity contribution in [3.63, 3.8) is 0 Å². The van der Waals surface area contributed by atoms with Crippen molar-refractivity contribution in [2.24, 2.45) is 0 Å². The molecule has 1 N–H and O–H groups in total. The number of nitrogens with one attached hydrogen (secondary N) is 1. The molecule has 0 bridgehead atoms. The Morgan fingerprint density at radius 2 is 2.12 bits per heavy atom. The van der Waals surface area contributed by atoms with Crippen LogP contribution in [-0.4, -0.2) is 21.8 Å². The largest absolute Gasteiger partial charge is 0.348 e. The number of fused-ring (bicyclic) bond motifs is 1. The maximum Gasteiger partial charge on any atom is 0.235 e. The Morgan fingerprint density at radius 1 is 1.35 bits per heavy atom. The van der Waals surface area contributed by atoms with E-state index >= 15 is 0 Å². The summed E-state index contributed by atoms with van der Waals surface area (Å²) in [4.78, 5) is 19.7. The van der Waals surface area contributed by atoms with E-state index in [1.165, 1.54) is 0 Å². The van der Waals surface area contributed by atoms with E-state index in [2.05, 4.69) is 15.3 Å². The average Bonchev–Trinajstić information content (AvgIpc) is 2.36. The van der Waals surface area contributed by atoms with Crippen molar-refractivity contribution >= 4 is 28.4 Å². The summed E-state index contributed by atoms with van der Waals surface area (Å²) >= 11 is 5.39. The fraction of sp³-hybridized carbons (Fsp3) is 0.250. The SMILES string of the molecule is Cc1nc(CNC(=O)CCl)nc2ccccc12. The molecule has 0 atom stereocenters. The standard InChI is InChI=1S/C12H12ClN3O/c1-8-9-4-2-3-5-10(9)16-11(15-8)7-14-12(17)6-13/h2-5H,6-7H2,1H3,(H,14,17). The van der Waals surface area contributed by atoms with E-state index in [1.807, 2.05) is 31.2 Å². The third-order valence-corrected chi connectivity index (χ3v) is 2.65. The van der Waals surface area contributed by atoms with Gasteiger partial charge in [-0.15, -0.1) is 11.6 Å². The maximum absolute atomic E-state index is 11.0. The summed E-state index contributed by atoms with van der Waals surface area (Å²) in [5, 5.41) is 3.67. The van der Waals surface area contributed by atoms with Crippen LogP contribution in [0.3, 0.4) is 0 Å². The highest BCUT2D eigenvalue weighted by Crippen LogP contribution is 2.14. The van der Waals surface area contributed by atoms with E-state index < -0.39 is 0 Å². The minimum Gasteiger partial charge on any atom is -0.348 e. The van der Waals surface area contributed by atoms with Crippen molar-refractivity contribution in [3.8, 4) is 0 Å². The van der Waals surface area contributed by atoms with Gasteiger partial charge < -0.3 is 5.32 Å². The van der Waals surface area contributed by atoms with Gasteiger partial charge in [0.25, 0.3) is 0 Å². The first-order valence-electron chi connectivity index (χ1n) is 5.25. The molecule has 2 aromatic rings. The first-order chi connectivity index (χ1) is 8.20. The van der Waals surface area contributed by atoms with Gasteiger partial charge in [-0.2, -0.15) is 0 Å². The topological polar surface area (TPSA) is 54.9 Å². The van der Waals surface area contributed by atoms with Crippen LogP contribution in [0.25, 0.3) is 10.9 Å². The van der Waals surface area contributed by atoms with Gasteiger partial charge in [0.15, 0.2) is 0 Å². The van der Waals surface area contributed by atoms with Gasteiger partial charge in [-0.1, -0.05) is 18.2 Å². The van der Waals surface area contributed by atoms with E-state index in [0.29, 0.717) is 12.4 Å². The summed E-state index contributed by atoms with van der Waals surface area (Å²) in [7, 11) is 0. The number of hydrogen-bond acceptors (Lipinski definition) is 3. The van der Waals surface area contributed by atoms with Gasteiger partial charge in [0.05, 0.1) is 12.1 Å². The van der Waals surface area contributed by atoms with Crippen molar-refractivity contribution in [2.45, 2.75) is 13.5 Å². The Morgan fingerprint density at radius 3 is 2.88 bits per heavy atom. The predicted molar refractivity (Wildman–Crippen MR) is 66.8 cm³/mol. The molecular formula is C12H12ClN3O. The molecular weight excluding hydrogens is 238 g/mol. The second-order valence-corrected chi connectivity index (χ2v) is 3.92. The van der Waals surface area contributed by atoms with Crippen LogP contribution in [0.2, 0.25) is 0 Å². The van der Waals surface area contributed by atoms with Crippen LogP contribution in [0.4, 0.5) is 0 Å². The van der Waals surface area contributed by atoms with Crippen molar-refractivity contribution in [3.05, 3.63) is 35.8 Å². The molecule has 0 aliphatic carbocycles. The highest BCUT2D eigenvalue weighted by atomic mass is 35.5. The second-order valence-electron chi connectivity index (χ2n) is 3.65. The smallest absolute Gasteiger partial charge is 0.235 e. The fourth-order valence-corrected chi connectivity index (χ4v) is 1.69. The van der Waals surface area contributed by atoms with Crippen LogP contribution in [0.15, 0.2) is 24.3 Å². The number of nitrogens with zero attached hydrogens (tertiary/aromatic N) is 2. The zero-order valence-electron chi connectivity index (χ0n) is 9.40. The highest BCUT2D eigenvalue weighted by molar-refractivity contribution is 6.27. The normalized spacial score (nSPS) is 10.5. The summed E-state index contributed by atoms with van der Waals surface area (Å²) in [5.41, 5.74) is 1.79. The molecule has 88 valence electrons. The van der Waals surface area contributed by atoms with E-state index in [9.17, 15) is 4.79 Å². The first-order valence-corrected chi connectivity index (χ1v) is 5.79. The summed E-state index contributed by atoms with van der Waals surface area (Å²) in [5.74, 6) is 0.327. The van der Waals surface area contributed by atoms with Gasteiger partial charge in [-0.3, -0.25) is 4.79 Å². The number of hydrogen-bond donors (Lipinski definition) is 1. The molecule has 4 nitrogen and oxygen atoms in total. The minimum absolute atomic E-state index is 0.0490. The number of carbonyl (C=O) groups is 1. The molecule has 0 aliphatic heterocycles. The van der Waals surface area contributed by atoms with Crippen LogP contribution >= 0.6 is 11.6 Å². The summed E-state index contributed by atoms with van der Waals surface area (Å²) in [6.45, 7) is 2.23. The number of rotatable bonds is 3. The van der Waals surface area contributed by atoms with Crippen LogP contribution in [0.1, 0.15) is 11.5 Å². The maximum atomic E-state index is 11.0. The van der Waals surface area contributed by atoms with E-state index in [1.54, 1.807) is 0 Å². The number of alkyl halides is 1. The van der Waals surface area contributed by atoms with Crippen LogP contribution in [0.5, 0.6) is 0 Å². The molecule has 0 aliphatic rings. The molecule has 17 heavy (non-hydrogen) atoms. The summed E-state index contributed by atoms with van der Waals surface area (Å²) < 4.78 is 0. The minimum atomic E-state index is -0.221. The molecule has 1 aromatic heterocycles. The Balaban J connectivity index is 2.27. The predicted octanol–water partition coefficient (Wildman–Crippen LogP) is 1.79. The molecule has 0 radical (unpaired) electrons. The lowest BCUT2D eigenvalue weighted by atomic mass is 10.2. The van der Waals surface area contributed by atoms with E-state index in [0.717, 1.165) is 16.6 Å². The van der Waals surface area contributed by atoms with E-state index in [-0.39, 0.29) is 11.8 Å². The van der Waals surface area contributed by atoms with Gasteiger partial charge in [0.2, 0.25) is 5.91 Å². The van der Waals surface area contributed by atoms with Crippen LogP contribution in [0, 0.1) is 6.92 Å². The zero-order valence-corrected chi connectivity index (χ0v) is 10.2. The van der Waals surface area contributed by atoms with Crippen LogP contribution in [-0.2, 0) is 11.3 Å². The Kier molecular flexibility index (Phi) is 3.54. The molecule has 0 fully saturated rings. The molecule has 1 heterocycles. The van der Waals surface area contributed by atoms with Crippen molar-refractivity contribution < 1.29 is 4.79 Å². The molecule has 1 aromatic carbocycles. The number of aryl methyl sites for hydroxylation is 1. The average molecular weight is 250 g/mol. The molecule has 0 unspecified atom stereocenters. The molecule has 1 amide bonds. The van der Waals surface area contributed by atoms with Gasteiger partial charge >= 0.3 is 0 Å². The number of aromatic nitrogens is 2. The van der Waals surface area contributed by atoms with Gasteiger partial charge in [-0.05, 0) is 13.0 Å². The molecule has 2 rings (SSSR count). The Labute approximate surface area is 104 Å². The van der Waals surface area contributed by atoms with Crippen molar-refractivity contribution in [1.29, 1.82) is 0 Å². The fourth-order valence-electron chi connectivity index (χ4n) is 1.60. The number of halogens is 1. The van der Waals surface area contributed by atoms with Crippen molar-refractivity contribution in [2.75, 3.05) is 5.88 Å². The molecule has 0 spiro atoms. The highest BCUT2D eigenvalue weighted by Gasteiger charge is 2.05. The number of carbonyl (C=O) groups excluding carboxylic acids is 1. The zero-order chi connectivity index (χ0) is 12.3. The number of para-hydroxylation sites is 1. The van der Waals surface area contributed by atoms with Crippen molar-refractivity contribution in [1.82, 2.24) is 15.3 Å². The van der Waals surface area contributed by atoms with Gasteiger partial charge in [0.1, 0.15) is 11.7 Å². The number of benzene rings is 1. The monoisotopic (exact) mass is 249 g/mol. The third-order valence-electron chi connectivity index (χ3n) is 2.41. The molecule has 5 heteroatoms. The quantitative estimate of drug-likeness (QED) is 0.844. The summed E-state index contributed by atoms with van der Waals surface area (Å²) in [6, 6.07) is 7.78. The second kappa shape index (κ2) is 5.10. The van der Waals surface area contributed by atoms with Crippen LogP contribution < -0.4 is 5.32 Å². The Hall–Kier alpha value is -1.68.